The topological polar surface area (TPSA) is 57.5 Å². The number of Topliss-reactive ketones (excluding diaryl/α,β-unsaturated/α-hetero) is 1. The molecule has 10 atom stereocenters. The fourth-order valence-corrected chi connectivity index (χ4v) is 11.4. The lowest BCUT2D eigenvalue weighted by atomic mass is 9.29. The molecule has 5 rings (SSSR count). The first kappa shape index (κ1) is 24.3. The summed E-state index contributed by atoms with van der Waals surface area (Å²) >= 11 is 0. The first-order chi connectivity index (χ1) is 15.2. The highest BCUT2D eigenvalue weighted by Crippen LogP contribution is 2.78. The summed E-state index contributed by atoms with van der Waals surface area (Å²) in [4.78, 5) is 12.7. The van der Waals surface area contributed by atoms with Gasteiger partial charge in [0.15, 0.2) is 0 Å². The molecule has 5 saturated carbocycles. The number of rotatable bonds is 1. The smallest absolute Gasteiger partial charge is 0.136 e. The van der Waals surface area contributed by atoms with Crippen molar-refractivity contribution in [2.24, 2.45) is 56.2 Å². The summed E-state index contributed by atoms with van der Waals surface area (Å²) in [6.07, 6.45) is 10.1. The first-order valence-electron chi connectivity index (χ1n) is 14.0. The van der Waals surface area contributed by atoms with Gasteiger partial charge in [0.1, 0.15) is 5.78 Å². The van der Waals surface area contributed by atoms with Gasteiger partial charge in [-0.15, -0.1) is 0 Å². The van der Waals surface area contributed by atoms with E-state index < -0.39 is 11.5 Å². The number of carbonyl (C=O) groups is 1. The van der Waals surface area contributed by atoms with Gasteiger partial charge in [0.25, 0.3) is 0 Å². The van der Waals surface area contributed by atoms with E-state index in [1.807, 2.05) is 0 Å². The van der Waals surface area contributed by atoms with Gasteiger partial charge in [0.05, 0.1) is 12.7 Å². The fraction of sp³-hybridized carbons (Fsp3) is 0.967. The number of carbonyl (C=O) groups excluding carboxylic acids is 1. The van der Waals surface area contributed by atoms with E-state index in [0.29, 0.717) is 35.4 Å². The number of aliphatic hydroxyl groups is 2. The molecule has 0 heterocycles. The summed E-state index contributed by atoms with van der Waals surface area (Å²) < 4.78 is 0. The van der Waals surface area contributed by atoms with Crippen molar-refractivity contribution in [2.75, 3.05) is 6.61 Å². The molecule has 2 N–H and O–H groups in total. The van der Waals surface area contributed by atoms with Crippen molar-refractivity contribution in [3.8, 4) is 0 Å². The van der Waals surface area contributed by atoms with E-state index >= 15 is 0 Å². The molecule has 0 unspecified atom stereocenters. The molecule has 0 radical (unpaired) electrons. The summed E-state index contributed by atoms with van der Waals surface area (Å²) in [7, 11) is 0. The Balaban J connectivity index is 1.62. The van der Waals surface area contributed by atoms with E-state index in [1.165, 1.54) is 25.7 Å². The predicted molar refractivity (Wildman–Crippen MR) is 133 cm³/mol. The summed E-state index contributed by atoms with van der Waals surface area (Å²) in [5.41, 5.74) is 0.186. The summed E-state index contributed by atoms with van der Waals surface area (Å²) in [5, 5.41) is 23.4. The van der Waals surface area contributed by atoms with Gasteiger partial charge in [-0.2, -0.15) is 0 Å². The van der Waals surface area contributed by atoms with Gasteiger partial charge < -0.3 is 10.2 Å². The van der Waals surface area contributed by atoms with Crippen LogP contribution in [0.3, 0.4) is 0 Å². The highest BCUT2D eigenvalue weighted by molar-refractivity contribution is 5.82. The van der Waals surface area contributed by atoms with Gasteiger partial charge in [-0.3, -0.25) is 4.79 Å². The Morgan fingerprint density at radius 1 is 0.818 bits per heavy atom. The third kappa shape index (κ3) is 2.85. The third-order valence-electron chi connectivity index (χ3n) is 13.6. The van der Waals surface area contributed by atoms with E-state index in [1.54, 1.807) is 0 Å². The summed E-state index contributed by atoms with van der Waals surface area (Å²) in [5.74, 6) is 1.97. The molecule has 3 heteroatoms. The van der Waals surface area contributed by atoms with Gasteiger partial charge in [-0.1, -0.05) is 48.5 Å². The average molecular weight is 459 g/mol. The number of fused-ring (bicyclic) bond motifs is 7. The van der Waals surface area contributed by atoms with Gasteiger partial charge in [0.2, 0.25) is 0 Å². The SMILES string of the molecule is C[C@H]1C(=O)CC[C@@H]2[C@]3(C)CC[C@@]4(C)[C@@H]5CC(C)(C)CC[C@]5(C)C[C@H](O)[C@]4(CO)[C@@H]3CC[C@@]21C. The van der Waals surface area contributed by atoms with Crippen LogP contribution in [0.1, 0.15) is 113 Å². The number of aliphatic hydroxyl groups excluding tert-OH is 2. The number of hydrogen-bond donors (Lipinski definition) is 2. The van der Waals surface area contributed by atoms with Gasteiger partial charge in [-0.25, -0.2) is 0 Å². The minimum absolute atomic E-state index is 0.0418. The lowest BCUT2D eigenvalue weighted by Gasteiger charge is -2.76. The Morgan fingerprint density at radius 2 is 1.52 bits per heavy atom. The highest BCUT2D eigenvalue weighted by atomic mass is 16.3. The number of hydrogen-bond acceptors (Lipinski definition) is 3. The standard InChI is InChI=1S/C30H50O3/c1-19-20(32)8-9-21-27(19,5)11-10-22-28(21,6)14-15-29(7)23-16-25(2,3)12-13-26(23,4)17-24(33)30(22,29)18-31/h19,21-24,31,33H,8-18H2,1-7H3/t19-,21-,22+,23+,24-,26+,27+,28-,29-,30-/m0/s1. The van der Waals surface area contributed by atoms with Gasteiger partial charge in [0, 0.05) is 17.8 Å². The van der Waals surface area contributed by atoms with Gasteiger partial charge in [-0.05, 0) is 103 Å². The number of ketones is 1. The van der Waals surface area contributed by atoms with Crippen LogP contribution in [-0.4, -0.2) is 28.7 Å². The Bertz CT molecular complexity index is 834. The molecule has 0 saturated heterocycles. The van der Waals surface area contributed by atoms with E-state index in [-0.39, 0.29) is 34.2 Å². The lowest BCUT2D eigenvalue weighted by Crippen LogP contribution is -2.73. The van der Waals surface area contributed by atoms with Crippen LogP contribution in [0.4, 0.5) is 0 Å². The molecule has 0 aromatic rings. The fourth-order valence-electron chi connectivity index (χ4n) is 11.4. The minimum Gasteiger partial charge on any atom is -0.396 e. The molecule has 0 aromatic carbocycles. The zero-order chi connectivity index (χ0) is 24.2. The van der Waals surface area contributed by atoms with Crippen molar-refractivity contribution in [2.45, 2.75) is 119 Å². The Kier molecular flexibility index (Phi) is 5.22. The molecule has 3 nitrogen and oxygen atoms in total. The second-order valence-corrected chi connectivity index (χ2v) is 15.3. The molecule has 0 aliphatic heterocycles. The first-order valence-corrected chi connectivity index (χ1v) is 14.0. The second kappa shape index (κ2) is 7.09. The van der Waals surface area contributed by atoms with E-state index in [4.69, 9.17) is 0 Å². The van der Waals surface area contributed by atoms with Crippen molar-refractivity contribution in [3.05, 3.63) is 0 Å². The van der Waals surface area contributed by atoms with Crippen molar-refractivity contribution in [1.29, 1.82) is 0 Å². The minimum atomic E-state index is -0.438. The molecule has 0 bridgehead atoms. The summed E-state index contributed by atoms with van der Waals surface area (Å²) in [6, 6.07) is 0. The van der Waals surface area contributed by atoms with Gasteiger partial charge >= 0.3 is 0 Å². The van der Waals surface area contributed by atoms with Crippen molar-refractivity contribution in [3.63, 3.8) is 0 Å². The van der Waals surface area contributed by atoms with Crippen LogP contribution in [0.25, 0.3) is 0 Å². The molecule has 0 amide bonds. The molecule has 5 fully saturated rings. The summed E-state index contributed by atoms with van der Waals surface area (Å²) in [6.45, 7) is 16.9. The quantitative estimate of drug-likeness (QED) is 0.478. The van der Waals surface area contributed by atoms with Crippen molar-refractivity contribution < 1.29 is 15.0 Å². The second-order valence-electron chi connectivity index (χ2n) is 15.3. The van der Waals surface area contributed by atoms with Crippen molar-refractivity contribution in [1.82, 2.24) is 0 Å². The largest absolute Gasteiger partial charge is 0.396 e. The molecular weight excluding hydrogens is 408 g/mol. The Hall–Kier alpha value is -0.410. The maximum absolute atomic E-state index is 12.7. The van der Waals surface area contributed by atoms with Crippen LogP contribution < -0.4 is 0 Å². The lowest BCUT2D eigenvalue weighted by molar-refractivity contribution is -0.307. The van der Waals surface area contributed by atoms with E-state index in [2.05, 4.69) is 48.5 Å². The molecule has 33 heavy (non-hydrogen) atoms. The average Bonchev–Trinajstić information content (AvgIpc) is 2.73. The van der Waals surface area contributed by atoms with Crippen molar-refractivity contribution >= 4 is 5.78 Å². The highest BCUT2D eigenvalue weighted by Gasteiger charge is 2.74. The maximum Gasteiger partial charge on any atom is 0.136 e. The van der Waals surface area contributed by atoms with Crippen LogP contribution >= 0.6 is 0 Å². The Labute approximate surface area is 202 Å². The molecule has 5 aliphatic rings. The maximum atomic E-state index is 12.7. The molecule has 0 spiro atoms. The monoisotopic (exact) mass is 458 g/mol. The zero-order valence-electron chi connectivity index (χ0n) is 22.5. The van der Waals surface area contributed by atoms with Crippen LogP contribution in [0.5, 0.6) is 0 Å². The normalized spacial score (nSPS) is 58.0. The third-order valence-corrected chi connectivity index (χ3v) is 13.6. The molecule has 0 aromatic heterocycles. The zero-order valence-corrected chi connectivity index (χ0v) is 22.5. The molecule has 5 aliphatic carbocycles. The predicted octanol–water partition coefficient (Wildman–Crippen LogP) is 6.40. The molecule has 188 valence electrons. The van der Waals surface area contributed by atoms with E-state index in [9.17, 15) is 15.0 Å². The molecular formula is C30H50O3. The van der Waals surface area contributed by atoms with E-state index in [0.717, 1.165) is 32.1 Å². The van der Waals surface area contributed by atoms with Crippen LogP contribution in [-0.2, 0) is 4.79 Å². The van der Waals surface area contributed by atoms with Crippen LogP contribution in [0.2, 0.25) is 0 Å². The Morgan fingerprint density at radius 3 is 2.18 bits per heavy atom. The van der Waals surface area contributed by atoms with Crippen LogP contribution in [0.15, 0.2) is 0 Å². The van der Waals surface area contributed by atoms with Crippen LogP contribution in [0, 0.1) is 56.2 Å².